The van der Waals surface area contributed by atoms with Crippen LogP contribution < -0.4 is 5.73 Å². The summed E-state index contributed by atoms with van der Waals surface area (Å²) in [6.45, 7) is 2.73. The second-order valence-electron chi connectivity index (χ2n) is 5.00. The number of nitrogen functional groups attached to an aromatic ring is 1. The Balaban J connectivity index is 2.28. The Morgan fingerprint density at radius 2 is 2.05 bits per heavy atom. The van der Waals surface area contributed by atoms with E-state index in [2.05, 4.69) is 4.98 Å². The molecular weight excluding hydrogens is 269 g/mol. The normalized spacial score (nSPS) is 11.1. The van der Waals surface area contributed by atoms with Gasteiger partial charge >= 0.3 is 0 Å². The highest BCUT2D eigenvalue weighted by Crippen LogP contribution is 2.33. The molecule has 2 aromatic carbocycles. The smallest absolute Gasteiger partial charge is 0.144 e. The number of nitrogens with two attached hydrogens (primary N) is 1. The summed E-state index contributed by atoms with van der Waals surface area (Å²) in [5.41, 5.74) is 8.17. The zero-order valence-electron chi connectivity index (χ0n) is 11.7. The summed E-state index contributed by atoms with van der Waals surface area (Å²) in [5, 5.41) is 10.1. The van der Waals surface area contributed by atoms with E-state index in [1.807, 2.05) is 11.5 Å². The number of imidazole rings is 1. The number of anilines is 1. The minimum Gasteiger partial charge on any atom is -0.507 e. The number of fused-ring (bicyclic) bond motifs is 1. The summed E-state index contributed by atoms with van der Waals surface area (Å²) < 4.78 is 15.4. The molecule has 0 atom stereocenters. The number of nitrogens with zero attached hydrogens (tertiary/aromatic N) is 2. The second-order valence-corrected chi connectivity index (χ2v) is 5.00. The molecule has 0 saturated carbocycles. The van der Waals surface area contributed by atoms with Gasteiger partial charge in [-0.15, -0.1) is 0 Å². The van der Waals surface area contributed by atoms with Gasteiger partial charge in [0.15, 0.2) is 0 Å². The van der Waals surface area contributed by atoms with E-state index in [0.29, 0.717) is 29.1 Å². The number of halogens is 1. The van der Waals surface area contributed by atoms with Crippen LogP contribution in [-0.4, -0.2) is 14.7 Å². The second kappa shape index (κ2) is 5.09. The maximum Gasteiger partial charge on any atom is 0.144 e. The van der Waals surface area contributed by atoms with Crippen molar-refractivity contribution < 1.29 is 9.50 Å². The van der Waals surface area contributed by atoms with Gasteiger partial charge in [-0.2, -0.15) is 0 Å². The molecule has 0 saturated heterocycles. The summed E-state index contributed by atoms with van der Waals surface area (Å²) in [5.74, 6) is 0.394. The van der Waals surface area contributed by atoms with Crippen LogP contribution in [0.2, 0.25) is 0 Å². The molecule has 21 heavy (non-hydrogen) atoms. The van der Waals surface area contributed by atoms with E-state index < -0.39 is 0 Å². The van der Waals surface area contributed by atoms with Gasteiger partial charge in [-0.1, -0.05) is 6.92 Å². The number of aryl methyl sites for hydroxylation is 1. The molecule has 0 fully saturated rings. The Bertz CT molecular complexity index is 811. The van der Waals surface area contributed by atoms with Crippen molar-refractivity contribution in [2.24, 2.45) is 0 Å². The lowest BCUT2D eigenvalue weighted by Crippen LogP contribution is -2.00. The van der Waals surface area contributed by atoms with Gasteiger partial charge in [0.25, 0.3) is 0 Å². The fraction of sp³-hybridized carbons (Fsp3) is 0.188. The first-order valence-corrected chi connectivity index (χ1v) is 6.85. The molecule has 4 nitrogen and oxygen atoms in total. The molecule has 108 valence electrons. The zero-order valence-corrected chi connectivity index (χ0v) is 11.7. The highest BCUT2D eigenvalue weighted by molar-refractivity contribution is 5.82. The molecular formula is C16H16FN3O. The van der Waals surface area contributed by atoms with E-state index in [0.717, 1.165) is 11.9 Å². The van der Waals surface area contributed by atoms with Crippen LogP contribution in [0.4, 0.5) is 10.1 Å². The minimum absolute atomic E-state index is 0.0723. The van der Waals surface area contributed by atoms with Gasteiger partial charge in [-0.3, -0.25) is 0 Å². The van der Waals surface area contributed by atoms with Crippen LogP contribution in [0.5, 0.6) is 5.75 Å². The summed E-state index contributed by atoms with van der Waals surface area (Å²) in [4.78, 5) is 4.53. The largest absolute Gasteiger partial charge is 0.507 e. The Labute approximate surface area is 121 Å². The van der Waals surface area contributed by atoms with Crippen LogP contribution in [0.25, 0.3) is 22.4 Å². The lowest BCUT2D eigenvalue weighted by Gasteiger charge is -2.09. The van der Waals surface area contributed by atoms with Crippen LogP contribution in [0.15, 0.2) is 36.4 Å². The Hall–Kier alpha value is -2.56. The molecule has 0 unspecified atom stereocenters. The van der Waals surface area contributed by atoms with Crippen LogP contribution in [0, 0.1) is 5.82 Å². The van der Waals surface area contributed by atoms with Gasteiger partial charge in [-0.05, 0) is 36.8 Å². The van der Waals surface area contributed by atoms with Crippen molar-refractivity contribution in [1.29, 1.82) is 0 Å². The molecule has 1 aromatic heterocycles. The topological polar surface area (TPSA) is 64.1 Å². The molecule has 0 aliphatic carbocycles. The fourth-order valence-corrected chi connectivity index (χ4v) is 2.49. The average molecular weight is 285 g/mol. The third-order valence-electron chi connectivity index (χ3n) is 3.42. The lowest BCUT2D eigenvalue weighted by molar-refractivity contribution is 0.476. The maximum atomic E-state index is 13.5. The van der Waals surface area contributed by atoms with E-state index in [1.54, 1.807) is 18.2 Å². The zero-order chi connectivity index (χ0) is 15.0. The van der Waals surface area contributed by atoms with Gasteiger partial charge in [0.05, 0.1) is 16.6 Å². The number of benzene rings is 2. The third kappa shape index (κ3) is 2.31. The van der Waals surface area contributed by atoms with Gasteiger partial charge in [0.2, 0.25) is 0 Å². The molecule has 3 aromatic rings. The van der Waals surface area contributed by atoms with E-state index in [-0.39, 0.29) is 11.6 Å². The quantitative estimate of drug-likeness (QED) is 0.723. The summed E-state index contributed by atoms with van der Waals surface area (Å²) in [6.07, 6.45) is 0.880. The first-order valence-electron chi connectivity index (χ1n) is 6.85. The van der Waals surface area contributed by atoms with E-state index in [9.17, 15) is 9.50 Å². The molecule has 1 heterocycles. The molecule has 0 radical (unpaired) electrons. The SMILES string of the molecule is CCCn1c(-c2ccc(N)cc2O)nc2ccc(F)cc21. The van der Waals surface area contributed by atoms with Gasteiger partial charge in [-0.25, -0.2) is 9.37 Å². The van der Waals surface area contributed by atoms with Crippen molar-refractivity contribution in [3.63, 3.8) is 0 Å². The predicted octanol–water partition coefficient (Wildman–Crippen LogP) is 3.54. The number of phenolic OH excluding ortho intramolecular Hbond substituents is 1. The van der Waals surface area contributed by atoms with Crippen molar-refractivity contribution in [1.82, 2.24) is 9.55 Å². The van der Waals surface area contributed by atoms with Crippen molar-refractivity contribution in [2.75, 3.05) is 5.73 Å². The highest BCUT2D eigenvalue weighted by Gasteiger charge is 2.15. The number of phenols is 1. The van der Waals surface area contributed by atoms with E-state index in [1.165, 1.54) is 18.2 Å². The van der Waals surface area contributed by atoms with Gasteiger partial charge < -0.3 is 15.4 Å². The summed E-state index contributed by atoms with van der Waals surface area (Å²) in [7, 11) is 0. The molecule has 3 N–H and O–H groups in total. The monoisotopic (exact) mass is 285 g/mol. The molecule has 5 heteroatoms. The van der Waals surface area contributed by atoms with Crippen LogP contribution >= 0.6 is 0 Å². The molecule has 0 bridgehead atoms. The van der Waals surface area contributed by atoms with Crippen LogP contribution in [0.3, 0.4) is 0 Å². The number of aromatic nitrogens is 2. The van der Waals surface area contributed by atoms with Crippen LogP contribution in [0.1, 0.15) is 13.3 Å². The number of hydrogen-bond donors (Lipinski definition) is 2. The highest BCUT2D eigenvalue weighted by atomic mass is 19.1. The number of aromatic hydroxyl groups is 1. The first-order chi connectivity index (χ1) is 10.1. The lowest BCUT2D eigenvalue weighted by atomic mass is 10.1. The summed E-state index contributed by atoms with van der Waals surface area (Å²) >= 11 is 0. The molecule has 0 amide bonds. The van der Waals surface area contributed by atoms with Crippen molar-refractivity contribution in [3.8, 4) is 17.1 Å². The molecule has 3 rings (SSSR count). The Morgan fingerprint density at radius 3 is 2.76 bits per heavy atom. The minimum atomic E-state index is -0.298. The van der Waals surface area contributed by atoms with Crippen molar-refractivity contribution >= 4 is 16.7 Å². The summed E-state index contributed by atoms with van der Waals surface area (Å²) in [6, 6.07) is 9.44. The average Bonchev–Trinajstić information content (AvgIpc) is 2.78. The first kappa shape index (κ1) is 13.4. The van der Waals surface area contributed by atoms with E-state index in [4.69, 9.17) is 5.73 Å². The fourth-order valence-electron chi connectivity index (χ4n) is 2.49. The maximum absolute atomic E-state index is 13.5. The van der Waals surface area contributed by atoms with Gasteiger partial charge in [0.1, 0.15) is 17.4 Å². The van der Waals surface area contributed by atoms with Crippen molar-refractivity contribution in [2.45, 2.75) is 19.9 Å². The van der Waals surface area contributed by atoms with Crippen LogP contribution in [-0.2, 0) is 6.54 Å². The number of hydrogen-bond acceptors (Lipinski definition) is 3. The molecule has 0 spiro atoms. The Morgan fingerprint density at radius 1 is 1.24 bits per heavy atom. The third-order valence-corrected chi connectivity index (χ3v) is 3.42. The molecule has 0 aliphatic rings. The van der Waals surface area contributed by atoms with Gasteiger partial charge in [0, 0.05) is 18.3 Å². The van der Waals surface area contributed by atoms with E-state index >= 15 is 0 Å². The molecule has 0 aliphatic heterocycles. The number of rotatable bonds is 3. The standard InChI is InChI=1S/C16H16FN3O/c1-2-7-20-14-8-10(17)3-6-13(14)19-16(20)12-5-4-11(18)9-15(12)21/h3-6,8-9,21H,2,7,18H2,1H3. The van der Waals surface area contributed by atoms with Crippen molar-refractivity contribution in [3.05, 3.63) is 42.2 Å². The Kier molecular flexibility index (Phi) is 3.25. The predicted molar refractivity (Wildman–Crippen MR) is 81.5 cm³/mol.